The van der Waals surface area contributed by atoms with E-state index in [1.807, 2.05) is 13.0 Å². The van der Waals surface area contributed by atoms with Gasteiger partial charge in [-0.25, -0.2) is 4.79 Å². The van der Waals surface area contributed by atoms with Crippen LogP contribution in [0.2, 0.25) is 0 Å². The van der Waals surface area contributed by atoms with Crippen molar-refractivity contribution in [2.24, 2.45) is 0 Å². The molecule has 0 aliphatic heterocycles. The molecule has 26 heavy (non-hydrogen) atoms. The molecule has 0 fully saturated rings. The van der Waals surface area contributed by atoms with Crippen LogP contribution in [0.3, 0.4) is 0 Å². The zero-order valence-corrected chi connectivity index (χ0v) is 14.0. The molecule has 5 nitrogen and oxygen atoms in total. The first-order chi connectivity index (χ1) is 12.1. The Morgan fingerprint density at radius 1 is 1.04 bits per heavy atom. The lowest BCUT2D eigenvalue weighted by Crippen LogP contribution is -2.21. The summed E-state index contributed by atoms with van der Waals surface area (Å²) in [5.74, 6) is -1.66. The number of alkyl halides is 3. The van der Waals surface area contributed by atoms with Gasteiger partial charge in [-0.05, 0) is 49.7 Å². The Morgan fingerprint density at radius 3 is 2.27 bits per heavy atom. The van der Waals surface area contributed by atoms with E-state index in [1.165, 1.54) is 12.1 Å². The molecule has 0 unspecified atom stereocenters. The molecule has 0 saturated heterocycles. The largest absolute Gasteiger partial charge is 0.573 e. The topological polar surface area (TPSA) is 64.6 Å². The SMILES string of the molecule is Cc1ccc(C(=O)OCC(=O)Nc2ccc(OC(F)(F)F)cc2)c(C)c1. The average Bonchev–Trinajstić information content (AvgIpc) is 2.53. The van der Waals surface area contributed by atoms with E-state index < -0.39 is 30.6 Å². The predicted molar refractivity (Wildman–Crippen MR) is 88.0 cm³/mol. The Hall–Kier alpha value is -3.03. The molecular formula is C18H16F3NO4. The van der Waals surface area contributed by atoms with Gasteiger partial charge in [-0.15, -0.1) is 13.2 Å². The van der Waals surface area contributed by atoms with E-state index in [2.05, 4.69) is 10.1 Å². The molecule has 1 amide bonds. The van der Waals surface area contributed by atoms with Crippen LogP contribution >= 0.6 is 0 Å². The third kappa shape index (κ3) is 5.80. The van der Waals surface area contributed by atoms with Gasteiger partial charge in [-0.1, -0.05) is 17.7 Å². The van der Waals surface area contributed by atoms with Gasteiger partial charge in [0.25, 0.3) is 5.91 Å². The van der Waals surface area contributed by atoms with Gasteiger partial charge in [0, 0.05) is 5.69 Å². The minimum absolute atomic E-state index is 0.243. The maximum Gasteiger partial charge on any atom is 0.573 e. The second-order valence-corrected chi connectivity index (χ2v) is 5.51. The highest BCUT2D eigenvalue weighted by molar-refractivity contribution is 5.96. The van der Waals surface area contributed by atoms with Crippen LogP contribution in [0.15, 0.2) is 42.5 Å². The molecule has 0 radical (unpaired) electrons. The van der Waals surface area contributed by atoms with Crippen LogP contribution in [-0.4, -0.2) is 24.8 Å². The van der Waals surface area contributed by atoms with Crippen molar-refractivity contribution in [1.82, 2.24) is 0 Å². The van der Waals surface area contributed by atoms with Gasteiger partial charge in [-0.2, -0.15) is 0 Å². The van der Waals surface area contributed by atoms with Gasteiger partial charge in [0.05, 0.1) is 5.56 Å². The molecular weight excluding hydrogens is 351 g/mol. The smallest absolute Gasteiger partial charge is 0.452 e. The maximum atomic E-state index is 12.1. The zero-order chi connectivity index (χ0) is 19.3. The fourth-order valence-corrected chi connectivity index (χ4v) is 2.19. The summed E-state index contributed by atoms with van der Waals surface area (Å²) < 4.78 is 44.9. The third-order valence-corrected chi connectivity index (χ3v) is 3.31. The number of carbonyl (C=O) groups is 2. The third-order valence-electron chi connectivity index (χ3n) is 3.31. The van der Waals surface area contributed by atoms with Crippen LogP contribution in [-0.2, 0) is 9.53 Å². The lowest BCUT2D eigenvalue weighted by molar-refractivity contribution is -0.274. The van der Waals surface area contributed by atoms with Gasteiger partial charge < -0.3 is 14.8 Å². The lowest BCUT2D eigenvalue weighted by atomic mass is 10.1. The van der Waals surface area contributed by atoms with Crippen molar-refractivity contribution < 1.29 is 32.2 Å². The summed E-state index contributed by atoms with van der Waals surface area (Å²) in [6, 6.07) is 9.80. The number of amides is 1. The molecule has 0 aliphatic rings. The van der Waals surface area contributed by atoms with E-state index in [-0.39, 0.29) is 5.69 Å². The minimum atomic E-state index is -4.78. The number of carbonyl (C=O) groups excluding carboxylic acids is 2. The lowest BCUT2D eigenvalue weighted by Gasteiger charge is -2.10. The molecule has 0 bridgehead atoms. The van der Waals surface area contributed by atoms with E-state index in [4.69, 9.17) is 4.74 Å². The second-order valence-electron chi connectivity index (χ2n) is 5.51. The molecule has 0 spiro atoms. The molecule has 8 heteroatoms. The van der Waals surface area contributed by atoms with Crippen molar-refractivity contribution >= 4 is 17.6 Å². The summed E-state index contributed by atoms with van der Waals surface area (Å²) in [5.41, 5.74) is 2.33. The molecule has 138 valence electrons. The number of anilines is 1. The number of hydrogen-bond donors (Lipinski definition) is 1. The van der Waals surface area contributed by atoms with Gasteiger partial charge in [0.1, 0.15) is 5.75 Å². The van der Waals surface area contributed by atoms with Crippen molar-refractivity contribution in [3.8, 4) is 5.75 Å². The molecule has 1 N–H and O–H groups in total. The summed E-state index contributed by atoms with van der Waals surface area (Å²) in [4.78, 5) is 23.8. The Kier molecular flexibility index (Phi) is 5.86. The van der Waals surface area contributed by atoms with Gasteiger partial charge in [0.15, 0.2) is 6.61 Å². The molecule has 0 aliphatic carbocycles. The van der Waals surface area contributed by atoms with Crippen molar-refractivity contribution in [2.45, 2.75) is 20.2 Å². The number of halogens is 3. The van der Waals surface area contributed by atoms with E-state index in [1.54, 1.807) is 19.1 Å². The Balaban J connectivity index is 1.87. The summed E-state index contributed by atoms with van der Waals surface area (Å²) in [6.45, 7) is 3.13. The van der Waals surface area contributed by atoms with E-state index in [0.29, 0.717) is 5.56 Å². The zero-order valence-electron chi connectivity index (χ0n) is 14.0. The second kappa shape index (κ2) is 7.90. The summed E-state index contributed by atoms with van der Waals surface area (Å²) >= 11 is 0. The van der Waals surface area contributed by atoms with Crippen molar-refractivity contribution in [1.29, 1.82) is 0 Å². The quantitative estimate of drug-likeness (QED) is 0.812. The number of ether oxygens (including phenoxy) is 2. The van der Waals surface area contributed by atoms with Gasteiger partial charge >= 0.3 is 12.3 Å². The van der Waals surface area contributed by atoms with Gasteiger partial charge in [-0.3, -0.25) is 4.79 Å². The maximum absolute atomic E-state index is 12.1. The molecule has 2 aromatic carbocycles. The highest BCUT2D eigenvalue weighted by Gasteiger charge is 2.30. The summed E-state index contributed by atoms with van der Waals surface area (Å²) in [6.07, 6.45) is -4.78. The van der Waals surface area contributed by atoms with E-state index in [9.17, 15) is 22.8 Å². The number of rotatable bonds is 5. The van der Waals surface area contributed by atoms with Crippen LogP contribution < -0.4 is 10.1 Å². The highest BCUT2D eigenvalue weighted by Crippen LogP contribution is 2.23. The van der Waals surface area contributed by atoms with Crippen LogP contribution in [0.5, 0.6) is 5.75 Å². The first-order valence-corrected chi connectivity index (χ1v) is 7.54. The fourth-order valence-electron chi connectivity index (χ4n) is 2.19. The monoisotopic (exact) mass is 367 g/mol. The van der Waals surface area contributed by atoms with Crippen molar-refractivity contribution in [2.75, 3.05) is 11.9 Å². The van der Waals surface area contributed by atoms with E-state index >= 15 is 0 Å². The van der Waals surface area contributed by atoms with Gasteiger partial charge in [0.2, 0.25) is 0 Å². The Bertz CT molecular complexity index is 801. The number of benzene rings is 2. The molecule has 0 saturated carbocycles. The average molecular weight is 367 g/mol. The molecule has 2 aromatic rings. The first-order valence-electron chi connectivity index (χ1n) is 7.54. The Labute approximate surface area is 147 Å². The highest BCUT2D eigenvalue weighted by atomic mass is 19.4. The standard InChI is InChI=1S/C18H16F3NO4/c1-11-3-8-15(12(2)9-11)17(24)25-10-16(23)22-13-4-6-14(7-5-13)26-18(19,20)21/h3-9H,10H2,1-2H3,(H,22,23). The molecule has 0 aromatic heterocycles. The van der Waals surface area contributed by atoms with E-state index in [0.717, 1.165) is 23.3 Å². The summed E-state index contributed by atoms with van der Waals surface area (Å²) in [5, 5.41) is 2.41. The predicted octanol–water partition coefficient (Wildman–Crippen LogP) is 4.00. The van der Waals surface area contributed by atoms with Crippen LogP contribution in [0, 0.1) is 13.8 Å². The van der Waals surface area contributed by atoms with Crippen molar-refractivity contribution in [3.63, 3.8) is 0 Å². The summed E-state index contributed by atoms with van der Waals surface area (Å²) in [7, 11) is 0. The minimum Gasteiger partial charge on any atom is -0.452 e. The first kappa shape index (κ1) is 19.3. The molecule has 0 heterocycles. The molecule has 2 rings (SSSR count). The number of esters is 1. The van der Waals surface area contributed by atoms with Crippen LogP contribution in [0.4, 0.5) is 18.9 Å². The Morgan fingerprint density at radius 2 is 1.69 bits per heavy atom. The van der Waals surface area contributed by atoms with Crippen LogP contribution in [0.1, 0.15) is 21.5 Å². The number of aryl methyl sites for hydroxylation is 2. The number of nitrogens with one attached hydrogen (secondary N) is 1. The number of hydrogen-bond acceptors (Lipinski definition) is 4. The fraction of sp³-hybridized carbons (Fsp3) is 0.222. The van der Waals surface area contributed by atoms with Crippen molar-refractivity contribution in [3.05, 3.63) is 59.2 Å². The van der Waals surface area contributed by atoms with Crippen LogP contribution in [0.25, 0.3) is 0 Å². The normalized spacial score (nSPS) is 11.0. The molecule has 0 atom stereocenters.